The first-order valence-corrected chi connectivity index (χ1v) is 6.49. The summed E-state index contributed by atoms with van der Waals surface area (Å²) in [6, 6.07) is 0.181. The Hall–Kier alpha value is -1.14. The Kier molecular flexibility index (Phi) is 4.54. The summed E-state index contributed by atoms with van der Waals surface area (Å²) in [5.74, 6) is 0.0573. The molecule has 6 nitrogen and oxygen atoms in total. The number of piperazine rings is 1. The van der Waals surface area contributed by atoms with Crippen molar-refractivity contribution in [3.63, 3.8) is 0 Å². The Labute approximate surface area is 107 Å². The molecule has 2 amide bonds. The molecule has 2 rings (SSSR count). The minimum atomic E-state index is 0.0112. The van der Waals surface area contributed by atoms with E-state index >= 15 is 0 Å². The maximum atomic E-state index is 12.2. The van der Waals surface area contributed by atoms with Gasteiger partial charge in [0.2, 0.25) is 11.8 Å². The molecule has 0 saturated carbocycles. The van der Waals surface area contributed by atoms with Gasteiger partial charge in [-0.2, -0.15) is 0 Å². The zero-order chi connectivity index (χ0) is 13.0. The molecule has 2 saturated heterocycles. The molecule has 1 atom stereocenters. The first-order valence-electron chi connectivity index (χ1n) is 6.49. The lowest BCUT2D eigenvalue weighted by atomic mass is 10.2. The van der Waals surface area contributed by atoms with Crippen LogP contribution in [0.1, 0.15) is 12.8 Å². The summed E-state index contributed by atoms with van der Waals surface area (Å²) < 4.78 is 5.13. The third-order valence-electron chi connectivity index (χ3n) is 3.57. The fourth-order valence-electron chi connectivity index (χ4n) is 2.60. The van der Waals surface area contributed by atoms with E-state index in [1.54, 1.807) is 12.0 Å². The number of rotatable bonds is 4. The van der Waals surface area contributed by atoms with E-state index in [4.69, 9.17) is 4.74 Å². The van der Waals surface area contributed by atoms with Gasteiger partial charge in [-0.3, -0.25) is 9.59 Å². The van der Waals surface area contributed by atoms with Crippen LogP contribution in [0.2, 0.25) is 0 Å². The van der Waals surface area contributed by atoms with Crippen LogP contribution in [-0.2, 0) is 14.3 Å². The van der Waals surface area contributed by atoms with Gasteiger partial charge in [-0.25, -0.2) is 0 Å². The predicted octanol–water partition coefficient (Wildman–Crippen LogP) is -0.944. The predicted molar refractivity (Wildman–Crippen MR) is 66.1 cm³/mol. The smallest absolute Gasteiger partial charge is 0.242 e. The van der Waals surface area contributed by atoms with Crippen molar-refractivity contribution < 1.29 is 14.3 Å². The SMILES string of the molecule is COC[C@@H]1CCCN1C(=O)CN1CCNCC1=O. The molecule has 2 fully saturated rings. The average Bonchev–Trinajstić information content (AvgIpc) is 2.81. The van der Waals surface area contributed by atoms with Crippen LogP contribution in [0.5, 0.6) is 0 Å². The number of amides is 2. The van der Waals surface area contributed by atoms with Crippen molar-refractivity contribution >= 4 is 11.8 Å². The Balaban J connectivity index is 1.88. The second kappa shape index (κ2) is 6.15. The molecule has 0 aliphatic carbocycles. The van der Waals surface area contributed by atoms with Gasteiger partial charge in [-0.1, -0.05) is 0 Å². The van der Waals surface area contributed by atoms with Gasteiger partial charge in [-0.05, 0) is 12.8 Å². The molecule has 1 N–H and O–H groups in total. The van der Waals surface area contributed by atoms with Gasteiger partial charge in [0.25, 0.3) is 0 Å². The van der Waals surface area contributed by atoms with E-state index in [0.29, 0.717) is 19.7 Å². The molecule has 6 heteroatoms. The summed E-state index contributed by atoms with van der Waals surface area (Å²) in [4.78, 5) is 27.3. The normalized spacial score (nSPS) is 24.7. The van der Waals surface area contributed by atoms with E-state index < -0.39 is 0 Å². The van der Waals surface area contributed by atoms with E-state index in [1.165, 1.54) is 0 Å². The molecule has 0 aromatic rings. The molecular formula is C12H21N3O3. The molecular weight excluding hydrogens is 234 g/mol. The highest BCUT2D eigenvalue weighted by Crippen LogP contribution is 2.17. The van der Waals surface area contributed by atoms with Crippen molar-refractivity contribution in [2.24, 2.45) is 0 Å². The van der Waals surface area contributed by atoms with Gasteiger partial charge in [0.05, 0.1) is 25.7 Å². The van der Waals surface area contributed by atoms with Gasteiger partial charge < -0.3 is 19.9 Å². The zero-order valence-electron chi connectivity index (χ0n) is 10.9. The van der Waals surface area contributed by atoms with Crippen molar-refractivity contribution in [2.45, 2.75) is 18.9 Å². The number of carbonyl (C=O) groups excluding carboxylic acids is 2. The monoisotopic (exact) mass is 255 g/mol. The summed E-state index contributed by atoms with van der Waals surface area (Å²) in [5.41, 5.74) is 0. The molecule has 0 spiro atoms. The maximum absolute atomic E-state index is 12.2. The van der Waals surface area contributed by atoms with Crippen LogP contribution < -0.4 is 5.32 Å². The highest BCUT2D eigenvalue weighted by Gasteiger charge is 2.30. The van der Waals surface area contributed by atoms with E-state index in [9.17, 15) is 9.59 Å². The first kappa shape index (κ1) is 13.3. The van der Waals surface area contributed by atoms with Crippen LogP contribution in [0.4, 0.5) is 0 Å². The number of carbonyl (C=O) groups is 2. The van der Waals surface area contributed by atoms with Gasteiger partial charge in [-0.15, -0.1) is 0 Å². The Morgan fingerprint density at radius 2 is 2.33 bits per heavy atom. The molecule has 18 heavy (non-hydrogen) atoms. The Bertz CT molecular complexity index is 322. The van der Waals surface area contributed by atoms with Gasteiger partial charge in [0.1, 0.15) is 0 Å². The lowest BCUT2D eigenvalue weighted by Crippen LogP contribution is -2.52. The number of nitrogens with zero attached hydrogens (tertiary/aromatic N) is 2. The van der Waals surface area contributed by atoms with Crippen LogP contribution in [0.15, 0.2) is 0 Å². The molecule has 2 aliphatic rings. The molecule has 0 radical (unpaired) electrons. The van der Waals surface area contributed by atoms with Crippen LogP contribution in [0.25, 0.3) is 0 Å². The number of ether oxygens (including phenoxy) is 1. The van der Waals surface area contributed by atoms with E-state index in [1.807, 2.05) is 4.90 Å². The topological polar surface area (TPSA) is 61.9 Å². The standard InChI is InChI=1S/C12H21N3O3/c1-18-9-10-3-2-5-15(10)12(17)8-14-6-4-13-7-11(14)16/h10,13H,2-9H2,1H3/t10-/m0/s1. The quantitative estimate of drug-likeness (QED) is 0.704. The number of likely N-dealkylation sites (tertiary alicyclic amines) is 1. The summed E-state index contributed by atoms with van der Waals surface area (Å²) in [7, 11) is 1.65. The first-order chi connectivity index (χ1) is 8.72. The van der Waals surface area contributed by atoms with E-state index in [-0.39, 0.29) is 24.4 Å². The largest absolute Gasteiger partial charge is 0.383 e. The zero-order valence-corrected chi connectivity index (χ0v) is 10.9. The number of methoxy groups -OCH3 is 1. The fraction of sp³-hybridized carbons (Fsp3) is 0.833. The average molecular weight is 255 g/mol. The van der Waals surface area contributed by atoms with Crippen molar-refractivity contribution in [1.82, 2.24) is 15.1 Å². The molecule has 0 bridgehead atoms. The van der Waals surface area contributed by atoms with Crippen molar-refractivity contribution in [3.05, 3.63) is 0 Å². The van der Waals surface area contributed by atoms with E-state index in [0.717, 1.165) is 25.9 Å². The number of hydrogen-bond donors (Lipinski definition) is 1. The van der Waals surface area contributed by atoms with Gasteiger partial charge in [0, 0.05) is 26.7 Å². The Morgan fingerprint density at radius 1 is 1.50 bits per heavy atom. The third kappa shape index (κ3) is 3.00. The van der Waals surface area contributed by atoms with E-state index in [2.05, 4.69) is 5.32 Å². The fourth-order valence-corrected chi connectivity index (χ4v) is 2.60. The highest BCUT2D eigenvalue weighted by atomic mass is 16.5. The van der Waals surface area contributed by atoms with Gasteiger partial charge >= 0.3 is 0 Å². The van der Waals surface area contributed by atoms with Crippen LogP contribution in [0.3, 0.4) is 0 Å². The molecule has 0 unspecified atom stereocenters. The maximum Gasteiger partial charge on any atom is 0.242 e. The summed E-state index contributed by atoms with van der Waals surface area (Å²) in [6.07, 6.45) is 2.02. The molecule has 2 aliphatic heterocycles. The van der Waals surface area contributed by atoms with Crippen molar-refractivity contribution in [3.8, 4) is 0 Å². The second-order valence-corrected chi connectivity index (χ2v) is 4.83. The van der Waals surface area contributed by atoms with Crippen molar-refractivity contribution in [2.75, 3.05) is 46.4 Å². The molecule has 102 valence electrons. The lowest BCUT2D eigenvalue weighted by Gasteiger charge is -2.30. The molecule has 0 aromatic carbocycles. The second-order valence-electron chi connectivity index (χ2n) is 4.83. The highest BCUT2D eigenvalue weighted by molar-refractivity contribution is 5.86. The van der Waals surface area contributed by atoms with Crippen molar-refractivity contribution in [1.29, 1.82) is 0 Å². The summed E-state index contributed by atoms with van der Waals surface area (Å²) in [5, 5.41) is 3.00. The molecule has 0 aromatic heterocycles. The Morgan fingerprint density at radius 3 is 3.06 bits per heavy atom. The minimum absolute atomic E-state index is 0.0112. The number of hydrogen-bond acceptors (Lipinski definition) is 4. The van der Waals surface area contributed by atoms with Crippen LogP contribution in [0, 0.1) is 0 Å². The molecule has 2 heterocycles. The van der Waals surface area contributed by atoms with Crippen LogP contribution >= 0.6 is 0 Å². The third-order valence-corrected chi connectivity index (χ3v) is 3.57. The summed E-state index contributed by atoms with van der Waals surface area (Å²) >= 11 is 0. The summed E-state index contributed by atoms with van der Waals surface area (Å²) in [6.45, 7) is 3.30. The number of nitrogens with one attached hydrogen (secondary N) is 1. The van der Waals surface area contributed by atoms with Gasteiger partial charge in [0.15, 0.2) is 0 Å². The van der Waals surface area contributed by atoms with Crippen LogP contribution in [-0.4, -0.2) is 74.1 Å². The minimum Gasteiger partial charge on any atom is -0.383 e. The lowest BCUT2D eigenvalue weighted by molar-refractivity contribution is -0.142.